The Balaban J connectivity index is 0.000000204. The van der Waals surface area contributed by atoms with Gasteiger partial charge in [-0.05, 0) is 91.4 Å². The number of hydrogen-bond acceptors (Lipinski definition) is 10. The van der Waals surface area contributed by atoms with E-state index in [0.717, 1.165) is 33.3 Å². The highest BCUT2D eigenvalue weighted by Gasteiger charge is 2.35. The van der Waals surface area contributed by atoms with E-state index in [2.05, 4.69) is 78.6 Å². The van der Waals surface area contributed by atoms with E-state index < -0.39 is 0 Å². The first-order chi connectivity index (χ1) is 25.6. The number of benzene rings is 2. The van der Waals surface area contributed by atoms with Crippen LogP contribution in [-0.4, -0.2) is 24.9 Å². The van der Waals surface area contributed by atoms with Crippen LogP contribution in [0.3, 0.4) is 0 Å². The van der Waals surface area contributed by atoms with Crippen LogP contribution in [0.4, 0.5) is 0 Å². The summed E-state index contributed by atoms with van der Waals surface area (Å²) in [6.07, 6.45) is 8.67. The van der Waals surface area contributed by atoms with Gasteiger partial charge in [0.2, 0.25) is 0 Å². The molecule has 6 aromatic rings. The molecule has 10 heteroatoms. The topological polar surface area (TPSA) is 130 Å². The smallest absolute Gasteiger partial charge is 0.166 e. The van der Waals surface area contributed by atoms with Crippen LogP contribution in [0.2, 0.25) is 0 Å². The maximum atomic E-state index is 9.04. The van der Waals surface area contributed by atoms with Gasteiger partial charge < -0.3 is 9.47 Å². The number of thiazole rings is 1. The molecule has 0 amide bonds. The van der Waals surface area contributed by atoms with E-state index in [1.54, 1.807) is 48.4 Å². The summed E-state index contributed by atoms with van der Waals surface area (Å²) in [6.45, 7) is 13.9. The SMILES string of the molecule is CC(C)C(C)(c1ccc(C#N)cc1)c1ccc(OCc2ncccn2)cn1.CC(C)C(C)(c1ccc(C#N)cc1)c1ccc(OCc2nccs2)cn1. The number of ether oxygens (including phenoxy) is 2. The van der Waals surface area contributed by atoms with Crippen LogP contribution in [0, 0.1) is 34.5 Å². The van der Waals surface area contributed by atoms with Crippen LogP contribution in [0.25, 0.3) is 0 Å². The molecule has 0 aliphatic rings. The average molecular weight is 722 g/mol. The van der Waals surface area contributed by atoms with Crippen LogP contribution in [0.15, 0.2) is 115 Å². The van der Waals surface area contributed by atoms with Crippen molar-refractivity contribution in [3.8, 4) is 23.6 Å². The predicted octanol–water partition coefficient (Wildman–Crippen LogP) is 9.24. The fraction of sp³-hybridized carbons (Fsp3) is 0.279. The van der Waals surface area contributed by atoms with Gasteiger partial charge in [0.1, 0.15) is 29.7 Å². The maximum Gasteiger partial charge on any atom is 0.166 e. The summed E-state index contributed by atoms with van der Waals surface area (Å²) in [5, 5.41) is 20.9. The van der Waals surface area contributed by atoms with Crippen molar-refractivity contribution in [2.45, 2.75) is 65.6 Å². The Morgan fingerprint density at radius 3 is 1.45 bits per heavy atom. The second-order valence-corrected chi connectivity index (χ2v) is 14.5. The molecule has 0 bridgehead atoms. The van der Waals surface area contributed by atoms with E-state index in [1.165, 1.54) is 0 Å². The molecule has 53 heavy (non-hydrogen) atoms. The molecule has 0 fully saturated rings. The molecule has 0 aliphatic carbocycles. The molecule has 2 aromatic carbocycles. The van der Waals surface area contributed by atoms with E-state index in [9.17, 15) is 0 Å². The van der Waals surface area contributed by atoms with Crippen molar-refractivity contribution in [3.05, 3.63) is 160 Å². The molecular formula is C43H43N7O2S. The Hall–Kier alpha value is -5.97. The predicted molar refractivity (Wildman–Crippen MR) is 206 cm³/mol. The summed E-state index contributed by atoms with van der Waals surface area (Å²) < 4.78 is 11.5. The Kier molecular flexibility index (Phi) is 12.6. The molecule has 2 unspecified atom stereocenters. The summed E-state index contributed by atoms with van der Waals surface area (Å²) in [5.41, 5.74) is 5.04. The van der Waals surface area contributed by atoms with E-state index >= 15 is 0 Å². The zero-order valence-electron chi connectivity index (χ0n) is 30.9. The van der Waals surface area contributed by atoms with Gasteiger partial charge in [0.05, 0.1) is 47.0 Å². The molecule has 0 spiro atoms. The van der Waals surface area contributed by atoms with Gasteiger partial charge in [-0.3, -0.25) is 9.97 Å². The second-order valence-electron chi connectivity index (χ2n) is 13.5. The quantitative estimate of drug-likeness (QED) is 0.121. The number of pyridine rings is 2. The maximum absolute atomic E-state index is 9.04. The van der Waals surface area contributed by atoms with Gasteiger partial charge in [-0.25, -0.2) is 15.0 Å². The summed E-state index contributed by atoms with van der Waals surface area (Å²) in [5.74, 6) is 2.70. The third kappa shape index (κ3) is 9.10. The average Bonchev–Trinajstić information content (AvgIpc) is 3.73. The normalized spacial score (nSPS) is 13.1. The van der Waals surface area contributed by atoms with Crippen molar-refractivity contribution in [1.29, 1.82) is 10.5 Å². The number of hydrogen-bond donors (Lipinski definition) is 0. The highest BCUT2D eigenvalue weighted by Crippen LogP contribution is 2.39. The van der Waals surface area contributed by atoms with Crippen LogP contribution in [0.1, 0.15) is 86.0 Å². The number of aromatic nitrogens is 5. The number of rotatable bonds is 12. The lowest BCUT2D eigenvalue weighted by molar-refractivity contribution is 0.293. The first kappa shape index (κ1) is 38.3. The highest BCUT2D eigenvalue weighted by atomic mass is 32.1. The Morgan fingerprint density at radius 1 is 0.604 bits per heavy atom. The molecule has 4 aromatic heterocycles. The van der Waals surface area contributed by atoms with E-state index in [4.69, 9.17) is 20.0 Å². The largest absolute Gasteiger partial charge is 0.485 e. The standard InChI is InChI=1S/C22H22N4O.C21H21N3OS/c1-16(2)22(3,18-7-5-17(13-23)6-8-18)20-10-9-19(14-26-20)27-15-21-24-11-4-12-25-21;1-15(2)21(3,17-6-4-16(12-22)5-7-17)19-9-8-18(13-24-19)25-14-20-23-10-11-26-20/h4-12,14,16H,15H2,1-3H3;4-11,13,15H,14H2,1-3H3. The van der Waals surface area contributed by atoms with Gasteiger partial charge in [0, 0.05) is 34.8 Å². The monoisotopic (exact) mass is 721 g/mol. The Bertz CT molecular complexity index is 2110. The lowest BCUT2D eigenvalue weighted by Crippen LogP contribution is -2.31. The molecule has 4 heterocycles. The van der Waals surface area contributed by atoms with E-state index in [1.807, 2.05) is 78.2 Å². The third-order valence-electron chi connectivity index (χ3n) is 9.91. The zero-order chi connectivity index (χ0) is 37.8. The highest BCUT2D eigenvalue weighted by molar-refractivity contribution is 7.09. The van der Waals surface area contributed by atoms with Gasteiger partial charge in [0.15, 0.2) is 5.82 Å². The van der Waals surface area contributed by atoms with Crippen molar-refractivity contribution in [1.82, 2.24) is 24.9 Å². The molecule has 0 saturated carbocycles. The van der Waals surface area contributed by atoms with Crippen molar-refractivity contribution in [2.24, 2.45) is 11.8 Å². The zero-order valence-corrected chi connectivity index (χ0v) is 31.7. The van der Waals surface area contributed by atoms with Gasteiger partial charge >= 0.3 is 0 Å². The van der Waals surface area contributed by atoms with Gasteiger partial charge in [-0.15, -0.1) is 11.3 Å². The summed E-state index contributed by atoms with van der Waals surface area (Å²) in [7, 11) is 0. The molecular weight excluding hydrogens is 679 g/mol. The lowest BCUT2D eigenvalue weighted by Gasteiger charge is -2.34. The van der Waals surface area contributed by atoms with E-state index in [0.29, 0.717) is 47.8 Å². The number of nitrogens with zero attached hydrogens (tertiary/aromatic N) is 7. The number of nitriles is 2. The van der Waals surface area contributed by atoms with Crippen molar-refractivity contribution >= 4 is 11.3 Å². The summed E-state index contributed by atoms with van der Waals surface area (Å²) in [6, 6.07) is 29.5. The summed E-state index contributed by atoms with van der Waals surface area (Å²) >= 11 is 1.57. The van der Waals surface area contributed by atoms with E-state index in [-0.39, 0.29) is 10.8 Å². The molecule has 0 N–H and O–H groups in total. The Morgan fingerprint density at radius 2 is 1.08 bits per heavy atom. The van der Waals surface area contributed by atoms with Gasteiger partial charge in [0.25, 0.3) is 0 Å². The van der Waals surface area contributed by atoms with Gasteiger partial charge in [-0.1, -0.05) is 52.0 Å². The second kappa shape index (κ2) is 17.5. The van der Waals surface area contributed by atoms with Crippen molar-refractivity contribution in [3.63, 3.8) is 0 Å². The van der Waals surface area contributed by atoms with Crippen molar-refractivity contribution in [2.75, 3.05) is 0 Å². The molecule has 9 nitrogen and oxygen atoms in total. The first-order valence-corrected chi connectivity index (χ1v) is 18.3. The molecule has 2 atom stereocenters. The minimum absolute atomic E-state index is 0.248. The van der Waals surface area contributed by atoms with Crippen LogP contribution < -0.4 is 9.47 Å². The molecule has 0 saturated heterocycles. The van der Waals surface area contributed by atoms with Crippen LogP contribution in [0.5, 0.6) is 11.5 Å². The molecule has 268 valence electrons. The van der Waals surface area contributed by atoms with Gasteiger partial charge in [-0.2, -0.15) is 10.5 Å². The molecule has 0 aliphatic heterocycles. The lowest BCUT2D eigenvalue weighted by atomic mass is 9.70. The first-order valence-electron chi connectivity index (χ1n) is 17.4. The Labute approximate surface area is 316 Å². The van der Waals surface area contributed by atoms with Crippen LogP contribution >= 0.6 is 11.3 Å². The van der Waals surface area contributed by atoms with Crippen LogP contribution in [-0.2, 0) is 24.0 Å². The fourth-order valence-electron chi connectivity index (χ4n) is 5.90. The summed E-state index contributed by atoms with van der Waals surface area (Å²) in [4.78, 5) is 21.9. The minimum atomic E-state index is -0.269. The molecule has 0 radical (unpaired) electrons. The fourth-order valence-corrected chi connectivity index (χ4v) is 6.43. The van der Waals surface area contributed by atoms with Crippen molar-refractivity contribution < 1.29 is 9.47 Å². The minimum Gasteiger partial charge on any atom is -0.485 e. The molecule has 6 rings (SSSR count). The third-order valence-corrected chi connectivity index (χ3v) is 10.7.